The molecule has 0 radical (unpaired) electrons. The molecular weight excluding hydrogens is 452 g/mol. The van der Waals surface area contributed by atoms with Crippen LogP contribution >= 0.6 is 0 Å². The van der Waals surface area contributed by atoms with Crippen LogP contribution in [-0.4, -0.2) is 60.3 Å². The Bertz CT molecular complexity index is 1380. The molecule has 8 nitrogen and oxygen atoms in total. The average Bonchev–Trinajstić information content (AvgIpc) is 2.92. The van der Waals surface area contributed by atoms with E-state index >= 15 is 0 Å². The summed E-state index contributed by atoms with van der Waals surface area (Å²) in [4.78, 5) is 37.4. The lowest BCUT2D eigenvalue weighted by atomic mass is 10.1. The molecule has 0 saturated carbocycles. The van der Waals surface area contributed by atoms with Crippen LogP contribution in [0.5, 0.6) is 0 Å². The number of likely N-dealkylation sites (N-methyl/N-ethyl adjacent to an activating group) is 1. The zero-order valence-electron chi connectivity index (χ0n) is 20.1. The number of fused-ring (bicyclic) bond motifs is 1. The summed E-state index contributed by atoms with van der Waals surface area (Å²) in [6.07, 6.45) is 2.24. The molecule has 0 unspecified atom stereocenters. The van der Waals surface area contributed by atoms with E-state index < -0.39 is 0 Å². The summed E-state index contributed by atoms with van der Waals surface area (Å²) in [7, 11) is 2.14. The van der Waals surface area contributed by atoms with E-state index in [0.717, 1.165) is 54.8 Å². The van der Waals surface area contributed by atoms with E-state index in [1.54, 1.807) is 6.07 Å². The van der Waals surface area contributed by atoms with Crippen LogP contribution in [-0.2, 0) is 6.54 Å². The number of aldehydes is 1. The molecule has 0 spiro atoms. The third-order valence-electron chi connectivity index (χ3n) is 6.47. The van der Waals surface area contributed by atoms with Gasteiger partial charge in [-0.25, -0.2) is 9.97 Å². The fourth-order valence-corrected chi connectivity index (χ4v) is 4.38. The zero-order valence-corrected chi connectivity index (χ0v) is 20.1. The maximum Gasteiger partial charge on any atom is 0.255 e. The Kier molecular flexibility index (Phi) is 6.86. The van der Waals surface area contributed by atoms with Crippen molar-refractivity contribution in [2.45, 2.75) is 6.54 Å². The number of carbonyl (C=O) groups is 2. The fourth-order valence-electron chi connectivity index (χ4n) is 4.38. The van der Waals surface area contributed by atoms with E-state index in [9.17, 15) is 9.59 Å². The van der Waals surface area contributed by atoms with Crippen LogP contribution in [0.2, 0.25) is 0 Å². The highest BCUT2D eigenvalue weighted by Crippen LogP contribution is 2.23. The van der Waals surface area contributed by atoms with Crippen molar-refractivity contribution in [2.24, 2.45) is 0 Å². The maximum absolute atomic E-state index is 12.8. The van der Waals surface area contributed by atoms with Crippen LogP contribution in [0.25, 0.3) is 10.9 Å². The van der Waals surface area contributed by atoms with Gasteiger partial charge in [-0.05, 0) is 61.1 Å². The number of aromatic nitrogens is 2. The van der Waals surface area contributed by atoms with Crippen molar-refractivity contribution in [1.29, 1.82) is 0 Å². The van der Waals surface area contributed by atoms with E-state index in [1.807, 2.05) is 60.7 Å². The van der Waals surface area contributed by atoms with Crippen molar-refractivity contribution in [3.63, 3.8) is 0 Å². The van der Waals surface area contributed by atoms with E-state index in [0.29, 0.717) is 29.0 Å². The first kappa shape index (κ1) is 23.4. The Morgan fingerprint density at radius 1 is 0.972 bits per heavy atom. The second kappa shape index (κ2) is 10.5. The molecule has 8 heteroatoms. The summed E-state index contributed by atoms with van der Waals surface area (Å²) in [6.45, 7) is 4.57. The number of hydrogen-bond acceptors (Lipinski definition) is 7. The van der Waals surface area contributed by atoms with Crippen LogP contribution in [0, 0.1) is 0 Å². The first-order valence-electron chi connectivity index (χ1n) is 12.0. The number of nitrogens with zero attached hydrogens (tertiary/aromatic N) is 4. The van der Waals surface area contributed by atoms with Crippen molar-refractivity contribution in [3.05, 3.63) is 89.7 Å². The van der Waals surface area contributed by atoms with Gasteiger partial charge in [0.1, 0.15) is 12.1 Å². The molecule has 1 amide bonds. The van der Waals surface area contributed by atoms with Crippen LogP contribution < -0.4 is 15.5 Å². The average molecular weight is 481 g/mol. The van der Waals surface area contributed by atoms with E-state index in [1.165, 1.54) is 6.33 Å². The normalized spacial score (nSPS) is 14.0. The summed E-state index contributed by atoms with van der Waals surface area (Å²) in [5, 5.41) is 7.10. The highest BCUT2D eigenvalue weighted by molar-refractivity contribution is 6.04. The molecule has 4 aromatic rings. The number of amides is 1. The van der Waals surface area contributed by atoms with Gasteiger partial charge in [0.2, 0.25) is 0 Å². The van der Waals surface area contributed by atoms with E-state index in [-0.39, 0.29) is 5.91 Å². The fraction of sp³-hybridized carbons (Fsp3) is 0.214. The van der Waals surface area contributed by atoms with Gasteiger partial charge in [0.15, 0.2) is 6.29 Å². The van der Waals surface area contributed by atoms with Crippen molar-refractivity contribution in [3.8, 4) is 0 Å². The monoisotopic (exact) mass is 480 g/mol. The Hall–Kier alpha value is -4.30. The number of para-hydroxylation sites is 1. The number of benzene rings is 3. The highest BCUT2D eigenvalue weighted by atomic mass is 16.1. The van der Waals surface area contributed by atoms with E-state index in [4.69, 9.17) is 0 Å². The third-order valence-corrected chi connectivity index (χ3v) is 6.47. The topological polar surface area (TPSA) is 90.5 Å². The first-order chi connectivity index (χ1) is 17.6. The molecule has 2 heterocycles. The summed E-state index contributed by atoms with van der Waals surface area (Å²) in [6, 6.07) is 20.9. The number of carbonyl (C=O) groups excluding carboxylic acids is 2. The lowest BCUT2D eigenvalue weighted by Gasteiger charge is -2.34. The summed E-state index contributed by atoms with van der Waals surface area (Å²) in [5.41, 5.74) is 4.61. The van der Waals surface area contributed by atoms with Crippen LogP contribution in [0.3, 0.4) is 0 Å². The molecule has 1 saturated heterocycles. The van der Waals surface area contributed by atoms with Gasteiger partial charge in [-0.15, -0.1) is 0 Å². The SMILES string of the molecule is CN1CCN(c2ccc(C(=O)Nc3cccc(CNc4ncnc5c(C=O)cccc45)c3)cc2)CC1. The van der Waals surface area contributed by atoms with Gasteiger partial charge in [-0.3, -0.25) is 9.59 Å². The predicted octanol–water partition coefficient (Wildman–Crippen LogP) is 4.06. The molecule has 36 heavy (non-hydrogen) atoms. The van der Waals surface area contributed by atoms with E-state index in [2.05, 4.69) is 37.4 Å². The number of hydrogen-bond donors (Lipinski definition) is 2. The Morgan fingerprint density at radius 2 is 1.75 bits per heavy atom. The summed E-state index contributed by atoms with van der Waals surface area (Å²) < 4.78 is 0. The number of rotatable bonds is 7. The maximum atomic E-state index is 12.8. The quantitative estimate of drug-likeness (QED) is 0.386. The molecule has 0 atom stereocenters. The largest absolute Gasteiger partial charge is 0.369 e. The minimum atomic E-state index is -0.145. The van der Waals surface area contributed by atoms with Gasteiger partial charge in [0.25, 0.3) is 5.91 Å². The van der Waals surface area contributed by atoms with Gasteiger partial charge < -0.3 is 20.4 Å². The molecule has 0 aliphatic carbocycles. The predicted molar refractivity (Wildman–Crippen MR) is 143 cm³/mol. The number of anilines is 3. The number of nitrogens with one attached hydrogen (secondary N) is 2. The third kappa shape index (κ3) is 5.18. The molecule has 1 aliphatic rings. The lowest BCUT2D eigenvalue weighted by Crippen LogP contribution is -2.44. The molecule has 1 aromatic heterocycles. The minimum Gasteiger partial charge on any atom is -0.369 e. The second-order valence-electron chi connectivity index (χ2n) is 8.93. The summed E-state index contributed by atoms with van der Waals surface area (Å²) in [5.74, 6) is 0.506. The van der Waals surface area contributed by atoms with Gasteiger partial charge >= 0.3 is 0 Å². The van der Waals surface area contributed by atoms with Crippen molar-refractivity contribution in [2.75, 3.05) is 48.8 Å². The first-order valence-corrected chi connectivity index (χ1v) is 12.0. The molecule has 3 aromatic carbocycles. The molecule has 1 aliphatic heterocycles. The molecular formula is C28H28N6O2. The Balaban J connectivity index is 1.23. The standard InChI is InChI=1S/C28H28N6O2/c1-33-12-14-34(15-13-33)24-10-8-21(9-11-24)28(36)32-23-6-2-4-20(16-23)17-29-27-25-7-3-5-22(18-35)26(25)30-19-31-27/h2-11,16,18-19H,12-15,17H2,1H3,(H,32,36)(H,29,30,31). The lowest BCUT2D eigenvalue weighted by molar-refractivity contribution is 0.102. The Morgan fingerprint density at radius 3 is 2.53 bits per heavy atom. The van der Waals surface area contributed by atoms with Crippen molar-refractivity contribution in [1.82, 2.24) is 14.9 Å². The van der Waals surface area contributed by atoms with Gasteiger partial charge in [0, 0.05) is 60.6 Å². The minimum absolute atomic E-state index is 0.145. The van der Waals surface area contributed by atoms with Crippen molar-refractivity contribution >= 4 is 40.3 Å². The highest BCUT2D eigenvalue weighted by Gasteiger charge is 2.15. The molecule has 0 bridgehead atoms. The Labute approximate surface area is 210 Å². The van der Waals surface area contributed by atoms with Crippen LogP contribution in [0.15, 0.2) is 73.1 Å². The zero-order chi connectivity index (χ0) is 24.9. The number of piperazine rings is 1. The van der Waals surface area contributed by atoms with Crippen LogP contribution in [0.4, 0.5) is 17.2 Å². The van der Waals surface area contributed by atoms with Gasteiger partial charge in [0.05, 0.1) is 5.52 Å². The molecule has 5 rings (SSSR count). The van der Waals surface area contributed by atoms with Crippen LogP contribution in [0.1, 0.15) is 26.3 Å². The molecule has 1 fully saturated rings. The molecule has 182 valence electrons. The summed E-state index contributed by atoms with van der Waals surface area (Å²) >= 11 is 0. The second-order valence-corrected chi connectivity index (χ2v) is 8.93. The molecule has 2 N–H and O–H groups in total. The smallest absolute Gasteiger partial charge is 0.255 e. The van der Waals surface area contributed by atoms with Crippen molar-refractivity contribution < 1.29 is 9.59 Å². The van der Waals surface area contributed by atoms with Gasteiger partial charge in [-0.1, -0.05) is 18.2 Å². The van der Waals surface area contributed by atoms with Gasteiger partial charge in [-0.2, -0.15) is 0 Å².